The molecule has 6 nitrogen and oxygen atoms in total. The van der Waals surface area contributed by atoms with E-state index in [9.17, 15) is 14.9 Å². The summed E-state index contributed by atoms with van der Waals surface area (Å²) in [6, 6.07) is 5.39. The number of carboxylic acid groups (broad SMARTS) is 1. The van der Waals surface area contributed by atoms with Crippen molar-refractivity contribution in [2.45, 2.75) is 58.9 Å². The van der Waals surface area contributed by atoms with Crippen molar-refractivity contribution in [3.8, 4) is 0 Å². The molecule has 2 rings (SSSR count). The normalized spacial score (nSPS) is 15.9. The molecule has 1 aromatic rings. The largest absolute Gasteiger partial charge is 0.478 e. The van der Waals surface area contributed by atoms with Gasteiger partial charge in [-0.1, -0.05) is 39.2 Å². The van der Waals surface area contributed by atoms with E-state index in [0.717, 1.165) is 38.3 Å². The second kappa shape index (κ2) is 8.83. The van der Waals surface area contributed by atoms with E-state index >= 15 is 0 Å². The Morgan fingerprint density at radius 3 is 2.54 bits per heavy atom. The van der Waals surface area contributed by atoms with Crippen molar-refractivity contribution in [3.05, 3.63) is 40.0 Å². The highest BCUT2D eigenvalue weighted by atomic mass is 16.6. The average Bonchev–Trinajstić information content (AvgIpc) is 2.59. The fourth-order valence-electron chi connectivity index (χ4n) is 3.66. The topological polar surface area (TPSA) is 83.7 Å². The second-order valence-electron chi connectivity index (χ2n) is 7.46. The number of carboxylic acids is 1. The van der Waals surface area contributed by atoms with Crippen molar-refractivity contribution < 1.29 is 14.8 Å². The van der Waals surface area contributed by atoms with E-state index in [0.29, 0.717) is 28.8 Å². The molecule has 1 aliphatic rings. The maximum absolute atomic E-state index is 11.7. The van der Waals surface area contributed by atoms with Crippen LogP contribution in [0.4, 0.5) is 11.4 Å². The van der Waals surface area contributed by atoms with Crippen LogP contribution in [-0.2, 0) is 4.79 Å². The minimum absolute atomic E-state index is 0.0480. The predicted octanol–water partition coefficient (Wildman–Crippen LogP) is 4.88. The standard InChI is InChI=1S/C20H28N2O4/c1-14(2)13-21(17-7-5-4-6-8-17)18-10-9-16(12-19(18)22(25)26)15(3)11-20(23)24/h9-12,14,17H,4-8,13H2,1-3H3,(H,23,24)/b15-11-. The number of hydrogen-bond donors (Lipinski definition) is 1. The summed E-state index contributed by atoms with van der Waals surface area (Å²) in [6.07, 6.45) is 6.74. The number of aliphatic carboxylic acids is 1. The average molecular weight is 360 g/mol. The summed E-state index contributed by atoms with van der Waals surface area (Å²) in [7, 11) is 0. The predicted molar refractivity (Wildman–Crippen MR) is 103 cm³/mol. The van der Waals surface area contributed by atoms with Crippen LogP contribution >= 0.6 is 0 Å². The number of nitrogens with zero attached hydrogens (tertiary/aromatic N) is 2. The van der Waals surface area contributed by atoms with Gasteiger partial charge in [0.05, 0.1) is 4.92 Å². The van der Waals surface area contributed by atoms with Crippen molar-refractivity contribution in [2.24, 2.45) is 5.92 Å². The first kappa shape index (κ1) is 19.9. The van der Waals surface area contributed by atoms with Crippen LogP contribution in [0.25, 0.3) is 5.57 Å². The number of carbonyl (C=O) groups is 1. The van der Waals surface area contributed by atoms with Crippen LogP contribution in [-0.4, -0.2) is 28.6 Å². The van der Waals surface area contributed by atoms with Crippen LogP contribution in [0.1, 0.15) is 58.4 Å². The van der Waals surface area contributed by atoms with Crippen LogP contribution in [0, 0.1) is 16.0 Å². The molecule has 0 bridgehead atoms. The molecule has 0 saturated heterocycles. The molecule has 0 radical (unpaired) electrons. The summed E-state index contributed by atoms with van der Waals surface area (Å²) in [5.74, 6) is -0.664. The van der Waals surface area contributed by atoms with Crippen molar-refractivity contribution in [3.63, 3.8) is 0 Å². The first-order valence-electron chi connectivity index (χ1n) is 9.26. The molecule has 1 saturated carbocycles. The third-order valence-electron chi connectivity index (χ3n) is 4.85. The molecule has 1 aromatic carbocycles. The monoisotopic (exact) mass is 360 g/mol. The number of anilines is 1. The Bertz CT molecular complexity index is 691. The zero-order valence-electron chi connectivity index (χ0n) is 15.8. The minimum Gasteiger partial charge on any atom is -0.478 e. The molecule has 0 unspecified atom stereocenters. The molecule has 1 N–H and O–H groups in total. The molecule has 1 fully saturated rings. The number of benzene rings is 1. The van der Waals surface area contributed by atoms with Gasteiger partial charge >= 0.3 is 5.97 Å². The maximum atomic E-state index is 11.7. The lowest BCUT2D eigenvalue weighted by Gasteiger charge is -2.37. The Morgan fingerprint density at radius 1 is 1.35 bits per heavy atom. The molecule has 142 valence electrons. The van der Waals surface area contributed by atoms with E-state index in [1.165, 1.54) is 12.5 Å². The fraction of sp³-hybridized carbons (Fsp3) is 0.550. The van der Waals surface area contributed by atoms with E-state index < -0.39 is 5.97 Å². The Balaban J connectivity index is 2.46. The van der Waals surface area contributed by atoms with E-state index in [2.05, 4.69) is 18.7 Å². The zero-order chi connectivity index (χ0) is 19.3. The molecular weight excluding hydrogens is 332 g/mol. The third kappa shape index (κ3) is 5.07. The van der Waals surface area contributed by atoms with Gasteiger partial charge in [0.15, 0.2) is 0 Å². The summed E-state index contributed by atoms with van der Waals surface area (Å²) in [5, 5.41) is 20.7. The Hall–Kier alpha value is -2.37. The number of nitro benzene ring substituents is 1. The fourth-order valence-corrected chi connectivity index (χ4v) is 3.66. The molecule has 0 atom stereocenters. The van der Waals surface area contributed by atoms with Crippen molar-refractivity contribution in [1.29, 1.82) is 0 Å². The summed E-state index contributed by atoms with van der Waals surface area (Å²) in [5.41, 5.74) is 1.76. The molecule has 0 aliphatic heterocycles. The molecule has 6 heteroatoms. The van der Waals surface area contributed by atoms with Gasteiger partial charge in [0.1, 0.15) is 5.69 Å². The van der Waals surface area contributed by atoms with Crippen molar-refractivity contribution in [2.75, 3.05) is 11.4 Å². The third-order valence-corrected chi connectivity index (χ3v) is 4.85. The lowest BCUT2D eigenvalue weighted by Crippen LogP contribution is -2.39. The smallest absolute Gasteiger partial charge is 0.328 e. The molecule has 0 aromatic heterocycles. The van der Waals surface area contributed by atoms with Crippen LogP contribution in [0.2, 0.25) is 0 Å². The highest BCUT2D eigenvalue weighted by molar-refractivity contribution is 5.90. The Morgan fingerprint density at radius 2 is 2.00 bits per heavy atom. The second-order valence-corrected chi connectivity index (χ2v) is 7.46. The summed E-state index contributed by atoms with van der Waals surface area (Å²) < 4.78 is 0. The molecule has 26 heavy (non-hydrogen) atoms. The molecule has 0 heterocycles. The van der Waals surface area contributed by atoms with Crippen LogP contribution < -0.4 is 4.90 Å². The number of nitro groups is 1. The maximum Gasteiger partial charge on any atom is 0.328 e. The quantitative estimate of drug-likeness (QED) is 0.426. The van der Waals surface area contributed by atoms with Gasteiger partial charge in [0, 0.05) is 24.7 Å². The van der Waals surface area contributed by atoms with Gasteiger partial charge in [-0.25, -0.2) is 4.79 Å². The van der Waals surface area contributed by atoms with Crippen molar-refractivity contribution >= 4 is 22.9 Å². The minimum atomic E-state index is -1.06. The summed E-state index contributed by atoms with van der Waals surface area (Å²) >= 11 is 0. The van der Waals surface area contributed by atoms with Gasteiger partial charge in [0.25, 0.3) is 5.69 Å². The van der Waals surface area contributed by atoms with Crippen LogP contribution in [0.15, 0.2) is 24.3 Å². The lowest BCUT2D eigenvalue weighted by atomic mass is 9.92. The highest BCUT2D eigenvalue weighted by Crippen LogP contribution is 2.36. The highest BCUT2D eigenvalue weighted by Gasteiger charge is 2.28. The van der Waals surface area contributed by atoms with Gasteiger partial charge in [-0.3, -0.25) is 10.1 Å². The number of hydrogen-bond acceptors (Lipinski definition) is 4. The molecule has 0 amide bonds. The Labute approximate surface area is 154 Å². The van der Waals surface area contributed by atoms with Gasteiger partial charge in [-0.2, -0.15) is 0 Å². The van der Waals surface area contributed by atoms with Gasteiger partial charge in [-0.15, -0.1) is 0 Å². The number of rotatable bonds is 7. The summed E-state index contributed by atoms with van der Waals surface area (Å²) in [6.45, 7) is 6.67. The first-order chi connectivity index (χ1) is 12.3. The number of allylic oxidation sites excluding steroid dienone is 1. The SMILES string of the molecule is C/C(=C/C(=O)O)c1ccc(N(CC(C)C)C2CCCCC2)c([N+](=O)[O-])c1. The van der Waals surface area contributed by atoms with E-state index in [1.807, 2.05) is 0 Å². The molecule has 0 spiro atoms. The van der Waals surface area contributed by atoms with Gasteiger partial charge < -0.3 is 10.0 Å². The van der Waals surface area contributed by atoms with E-state index in [4.69, 9.17) is 5.11 Å². The first-order valence-corrected chi connectivity index (χ1v) is 9.26. The van der Waals surface area contributed by atoms with E-state index in [-0.39, 0.29) is 10.6 Å². The van der Waals surface area contributed by atoms with Gasteiger partial charge in [0.2, 0.25) is 0 Å². The van der Waals surface area contributed by atoms with E-state index in [1.54, 1.807) is 19.1 Å². The van der Waals surface area contributed by atoms with Crippen molar-refractivity contribution in [1.82, 2.24) is 0 Å². The van der Waals surface area contributed by atoms with Gasteiger partial charge in [-0.05, 0) is 42.9 Å². The summed E-state index contributed by atoms with van der Waals surface area (Å²) in [4.78, 5) is 24.5. The van der Waals surface area contributed by atoms with Crippen LogP contribution in [0.3, 0.4) is 0 Å². The molecular formula is C20H28N2O4. The molecule has 1 aliphatic carbocycles. The van der Waals surface area contributed by atoms with Crippen LogP contribution in [0.5, 0.6) is 0 Å². The Kier molecular flexibility index (Phi) is 6.77. The zero-order valence-corrected chi connectivity index (χ0v) is 15.8. The lowest BCUT2D eigenvalue weighted by molar-refractivity contribution is -0.384.